The highest BCUT2D eigenvalue weighted by Gasteiger charge is 2.17. The predicted molar refractivity (Wildman–Crippen MR) is 75.4 cm³/mol. The fraction of sp³-hybridized carbons (Fsp3) is 0.385. The number of amides is 1. The first-order valence-corrected chi connectivity index (χ1v) is 6.50. The van der Waals surface area contributed by atoms with Gasteiger partial charge in [-0.3, -0.25) is 4.79 Å². The van der Waals surface area contributed by atoms with Gasteiger partial charge in [0.2, 0.25) is 0 Å². The standard InChI is InChI=1S/C13H18N6O/c1-4-14-11-6-5-8(2)7-10(11)13(20)15-9(3)12-16-18-19-17-12/h5-7,9,14H,4H2,1-3H3,(H,15,20)(H,16,17,18,19). The second-order valence-corrected chi connectivity index (χ2v) is 4.54. The number of carbonyl (C=O) groups is 1. The molecule has 0 saturated heterocycles. The maximum atomic E-state index is 12.4. The van der Waals surface area contributed by atoms with Crippen LogP contribution in [0.4, 0.5) is 5.69 Å². The molecule has 0 bridgehead atoms. The molecule has 0 fully saturated rings. The molecule has 2 aromatic rings. The summed E-state index contributed by atoms with van der Waals surface area (Å²) in [6, 6.07) is 5.43. The van der Waals surface area contributed by atoms with Gasteiger partial charge in [-0.1, -0.05) is 16.8 Å². The minimum Gasteiger partial charge on any atom is -0.385 e. The molecule has 7 nitrogen and oxygen atoms in total. The van der Waals surface area contributed by atoms with Crippen LogP contribution in [-0.4, -0.2) is 33.1 Å². The number of aromatic nitrogens is 4. The molecule has 0 radical (unpaired) electrons. The Kier molecular flexibility index (Phi) is 4.29. The van der Waals surface area contributed by atoms with E-state index >= 15 is 0 Å². The molecule has 1 atom stereocenters. The van der Waals surface area contributed by atoms with E-state index in [1.807, 2.05) is 39.0 Å². The number of benzene rings is 1. The van der Waals surface area contributed by atoms with E-state index in [0.717, 1.165) is 17.8 Å². The third-order valence-corrected chi connectivity index (χ3v) is 2.88. The normalized spacial score (nSPS) is 11.9. The monoisotopic (exact) mass is 274 g/mol. The first kappa shape index (κ1) is 14.0. The van der Waals surface area contributed by atoms with Crippen molar-refractivity contribution in [3.63, 3.8) is 0 Å². The summed E-state index contributed by atoms with van der Waals surface area (Å²) < 4.78 is 0. The summed E-state index contributed by atoms with van der Waals surface area (Å²) in [5.41, 5.74) is 2.46. The van der Waals surface area contributed by atoms with E-state index in [9.17, 15) is 4.79 Å². The van der Waals surface area contributed by atoms with Crippen LogP contribution in [0.3, 0.4) is 0 Å². The molecular formula is C13H18N6O. The van der Waals surface area contributed by atoms with Crippen molar-refractivity contribution >= 4 is 11.6 Å². The Bertz CT molecular complexity index is 581. The zero-order chi connectivity index (χ0) is 14.5. The van der Waals surface area contributed by atoms with Crippen molar-refractivity contribution in [2.45, 2.75) is 26.8 Å². The molecule has 106 valence electrons. The average molecular weight is 274 g/mol. The largest absolute Gasteiger partial charge is 0.385 e. The molecule has 1 aromatic heterocycles. The molecule has 1 amide bonds. The number of tetrazole rings is 1. The van der Waals surface area contributed by atoms with E-state index in [4.69, 9.17) is 0 Å². The van der Waals surface area contributed by atoms with Crippen molar-refractivity contribution in [1.82, 2.24) is 25.9 Å². The predicted octanol–water partition coefficient (Wildman–Crippen LogP) is 1.43. The van der Waals surface area contributed by atoms with Crippen molar-refractivity contribution in [2.24, 2.45) is 0 Å². The summed E-state index contributed by atoms with van der Waals surface area (Å²) in [4.78, 5) is 12.4. The minimum absolute atomic E-state index is 0.165. The zero-order valence-corrected chi connectivity index (χ0v) is 11.8. The van der Waals surface area contributed by atoms with Crippen molar-refractivity contribution in [1.29, 1.82) is 0 Å². The van der Waals surface area contributed by atoms with Gasteiger partial charge in [-0.05, 0) is 32.9 Å². The Labute approximate surface area is 117 Å². The smallest absolute Gasteiger partial charge is 0.253 e. The second kappa shape index (κ2) is 6.14. The van der Waals surface area contributed by atoms with Crippen molar-refractivity contribution in [2.75, 3.05) is 11.9 Å². The molecule has 1 unspecified atom stereocenters. The first-order chi connectivity index (χ1) is 9.61. The van der Waals surface area contributed by atoms with Gasteiger partial charge in [0.1, 0.15) is 0 Å². The van der Waals surface area contributed by atoms with Gasteiger partial charge >= 0.3 is 0 Å². The summed E-state index contributed by atoms with van der Waals surface area (Å²) in [5.74, 6) is 0.290. The van der Waals surface area contributed by atoms with Crippen molar-refractivity contribution in [3.8, 4) is 0 Å². The maximum Gasteiger partial charge on any atom is 0.253 e. The molecule has 0 spiro atoms. The van der Waals surface area contributed by atoms with E-state index in [2.05, 4.69) is 31.3 Å². The number of carbonyl (C=O) groups excluding carboxylic acids is 1. The zero-order valence-electron chi connectivity index (χ0n) is 11.8. The van der Waals surface area contributed by atoms with E-state index in [-0.39, 0.29) is 11.9 Å². The molecule has 20 heavy (non-hydrogen) atoms. The van der Waals surface area contributed by atoms with E-state index in [1.165, 1.54) is 0 Å². The van der Waals surface area contributed by atoms with Crippen LogP contribution in [-0.2, 0) is 0 Å². The quantitative estimate of drug-likeness (QED) is 0.766. The van der Waals surface area contributed by atoms with Crippen molar-refractivity contribution in [3.05, 3.63) is 35.2 Å². The van der Waals surface area contributed by atoms with Gasteiger partial charge in [0.15, 0.2) is 5.82 Å². The summed E-state index contributed by atoms with van der Waals surface area (Å²) in [6.07, 6.45) is 0. The van der Waals surface area contributed by atoms with Crippen LogP contribution in [0, 0.1) is 6.92 Å². The third-order valence-electron chi connectivity index (χ3n) is 2.88. The Morgan fingerprint density at radius 3 is 2.90 bits per heavy atom. The van der Waals surface area contributed by atoms with Gasteiger partial charge in [0.05, 0.1) is 11.6 Å². The summed E-state index contributed by atoms with van der Waals surface area (Å²) in [6.45, 7) is 6.51. The molecule has 0 aliphatic carbocycles. The number of aryl methyl sites for hydroxylation is 1. The lowest BCUT2D eigenvalue weighted by Crippen LogP contribution is -2.28. The topological polar surface area (TPSA) is 95.6 Å². The first-order valence-electron chi connectivity index (χ1n) is 6.50. The SMILES string of the molecule is CCNc1ccc(C)cc1C(=O)NC(C)c1nn[nH]n1. The number of anilines is 1. The molecule has 0 aliphatic rings. The molecule has 0 aliphatic heterocycles. The Hall–Kier alpha value is -2.44. The van der Waals surface area contributed by atoms with Crippen LogP contribution in [0.15, 0.2) is 18.2 Å². The van der Waals surface area contributed by atoms with Crippen molar-refractivity contribution < 1.29 is 4.79 Å². The number of nitrogens with one attached hydrogen (secondary N) is 3. The highest BCUT2D eigenvalue weighted by Crippen LogP contribution is 2.18. The van der Waals surface area contributed by atoms with Gasteiger partial charge in [-0.25, -0.2) is 0 Å². The highest BCUT2D eigenvalue weighted by atomic mass is 16.1. The fourth-order valence-corrected chi connectivity index (χ4v) is 1.88. The Balaban J connectivity index is 2.18. The molecule has 1 aromatic carbocycles. The molecule has 2 rings (SSSR count). The van der Waals surface area contributed by atoms with Gasteiger partial charge in [0, 0.05) is 12.2 Å². The Morgan fingerprint density at radius 1 is 1.45 bits per heavy atom. The summed E-state index contributed by atoms with van der Waals surface area (Å²) in [5, 5.41) is 19.6. The molecular weight excluding hydrogens is 256 g/mol. The lowest BCUT2D eigenvalue weighted by Gasteiger charge is -2.14. The van der Waals surface area contributed by atoms with Crippen LogP contribution in [0.1, 0.15) is 41.6 Å². The number of aromatic amines is 1. The number of rotatable bonds is 5. The number of nitrogens with zero attached hydrogens (tertiary/aromatic N) is 3. The van der Waals surface area contributed by atoms with Crippen LogP contribution in [0.25, 0.3) is 0 Å². The molecule has 0 saturated carbocycles. The van der Waals surface area contributed by atoms with Crippen LogP contribution in [0.2, 0.25) is 0 Å². The van der Waals surface area contributed by atoms with E-state index in [1.54, 1.807) is 0 Å². The molecule has 7 heteroatoms. The lowest BCUT2D eigenvalue weighted by molar-refractivity contribution is 0.0939. The highest BCUT2D eigenvalue weighted by molar-refractivity contribution is 6.00. The van der Waals surface area contributed by atoms with Gasteiger partial charge in [0.25, 0.3) is 5.91 Å². The molecule has 3 N–H and O–H groups in total. The third kappa shape index (κ3) is 3.11. The van der Waals surface area contributed by atoms with Crippen LogP contribution >= 0.6 is 0 Å². The van der Waals surface area contributed by atoms with E-state index < -0.39 is 0 Å². The Morgan fingerprint density at radius 2 is 2.25 bits per heavy atom. The average Bonchev–Trinajstić information content (AvgIpc) is 2.95. The number of hydrogen-bond acceptors (Lipinski definition) is 5. The minimum atomic E-state index is -0.309. The summed E-state index contributed by atoms with van der Waals surface area (Å²) >= 11 is 0. The van der Waals surface area contributed by atoms with Crippen LogP contribution in [0.5, 0.6) is 0 Å². The number of hydrogen-bond donors (Lipinski definition) is 3. The second-order valence-electron chi connectivity index (χ2n) is 4.54. The molecule has 1 heterocycles. The van der Waals surface area contributed by atoms with Gasteiger partial charge < -0.3 is 10.6 Å². The summed E-state index contributed by atoms with van der Waals surface area (Å²) in [7, 11) is 0. The van der Waals surface area contributed by atoms with E-state index in [0.29, 0.717) is 11.4 Å². The number of H-pyrrole nitrogens is 1. The maximum absolute atomic E-state index is 12.4. The lowest BCUT2D eigenvalue weighted by atomic mass is 10.1. The van der Waals surface area contributed by atoms with Gasteiger partial charge in [-0.15, -0.1) is 10.2 Å². The van der Waals surface area contributed by atoms with Crippen LogP contribution < -0.4 is 10.6 Å². The fourth-order valence-electron chi connectivity index (χ4n) is 1.88. The van der Waals surface area contributed by atoms with Gasteiger partial charge in [-0.2, -0.15) is 5.21 Å².